The van der Waals surface area contributed by atoms with E-state index in [1.807, 2.05) is 0 Å². The first-order valence-corrected chi connectivity index (χ1v) is 13.4. The number of aromatic nitrogens is 4. The average molecular weight is 628 g/mol. The molecule has 0 amide bonds. The van der Waals surface area contributed by atoms with Crippen LogP contribution in [0.15, 0.2) is 72.8 Å². The van der Waals surface area contributed by atoms with Gasteiger partial charge < -0.3 is 19.8 Å². The molecule has 6 rings (SSSR count). The number of carboxylic acids is 1. The van der Waals surface area contributed by atoms with Gasteiger partial charge in [0.1, 0.15) is 11.6 Å². The van der Waals surface area contributed by atoms with Crippen molar-refractivity contribution in [1.82, 2.24) is 19.9 Å². The summed E-state index contributed by atoms with van der Waals surface area (Å²) >= 11 is 24.6. The number of carbonyl (C=O) groups is 2. The Labute approximate surface area is 252 Å². The Morgan fingerprint density at radius 2 is 1.10 bits per heavy atom. The molecule has 3 N–H and O–H groups in total. The molecule has 0 aliphatic carbocycles. The summed E-state index contributed by atoms with van der Waals surface area (Å²) in [6.07, 6.45) is 0. The van der Waals surface area contributed by atoms with Crippen LogP contribution < -0.4 is 0 Å². The zero-order valence-electron chi connectivity index (χ0n) is 21.0. The predicted octanol–water partition coefficient (Wildman–Crippen LogP) is 8.56. The molecule has 206 valence electrons. The Morgan fingerprint density at radius 1 is 0.683 bits per heavy atom. The first-order valence-electron chi connectivity index (χ1n) is 11.9. The molecule has 41 heavy (non-hydrogen) atoms. The summed E-state index contributed by atoms with van der Waals surface area (Å²) in [7, 11) is 1.34. The molecule has 8 nitrogen and oxygen atoms in total. The molecule has 0 aliphatic heterocycles. The topological polar surface area (TPSA) is 121 Å². The molecule has 0 fully saturated rings. The van der Waals surface area contributed by atoms with Crippen molar-refractivity contribution >= 4 is 80.4 Å². The van der Waals surface area contributed by atoms with E-state index in [1.165, 1.54) is 19.2 Å². The number of H-pyrrole nitrogens is 2. The third-order valence-electron chi connectivity index (χ3n) is 6.03. The molecule has 6 aromatic rings. The number of ether oxygens (including phenoxy) is 1. The van der Waals surface area contributed by atoms with Crippen LogP contribution >= 0.6 is 46.4 Å². The number of fused-ring (bicyclic) bond motifs is 2. The van der Waals surface area contributed by atoms with E-state index in [-0.39, 0.29) is 5.56 Å². The number of carboxylic acid groups (broad SMARTS) is 1. The van der Waals surface area contributed by atoms with Crippen LogP contribution in [0.25, 0.3) is 44.8 Å². The van der Waals surface area contributed by atoms with Crippen LogP contribution in [0.3, 0.4) is 0 Å². The van der Waals surface area contributed by atoms with Crippen molar-refractivity contribution in [2.75, 3.05) is 7.11 Å². The number of rotatable bonds is 4. The molecule has 0 saturated heterocycles. The maximum Gasteiger partial charge on any atom is 0.337 e. The number of imidazole rings is 2. The summed E-state index contributed by atoms with van der Waals surface area (Å²) in [5, 5.41) is 11.0. The lowest BCUT2D eigenvalue weighted by Gasteiger charge is -2.02. The van der Waals surface area contributed by atoms with Crippen LogP contribution in [0.2, 0.25) is 20.1 Å². The monoisotopic (exact) mass is 626 g/mol. The Morgan fingerprint density at radius 3 is 1.51 bits per heavy atom. The highest BCUT2D eigenvalue weighted by molar-refractivity contribution is 6.39. The Balaban J connectivity index is 0.000000165. The van der Waals surface area contributed by atoms with Crippen LogP contribution in [-0.2, 0) is 4.74 Å². The van der Waals surface area contributed by atoms with Crippen LogP contribution in [0.4, 0.5) is 0 Å². The predicted molar refractivity (Wildman–Crippen MR) is 161 cm³/mol. The minimum atomic E-state index is -0.987. The van der Waals surface area contributed by atoms with E-state index in [9.17, 15) is 9.59 Å². The molecule has 2 aromatic heterocycles. The summed E-state index contributed by atoms with van der Waals surface area (Å²) in [4.78, 5) is 37.5. The van der Waals surface area contributed by atoms with Crippen LogP contribution in [0, 0.1) is 0 Å². The van der Waals surface area contributed by atoms with Crippen molar-refractivity contribution in [2.45, 2.75) is 0 Å². The van der Waals surface area contributed by atoms with Gasteiger partial charge in [0.25, 0.3) is 0 Å². The molecule has 4 aromatic carbocycles. The van der Waals surface area contributed by atoms with Gasteiger partial charge in [0.05, 0.1) is 71.5 Å². The van der Waals surface area contributed by atoms with Gasteiger partial charge in [0.2, 0.25) is 0 Å². The third-order valence-corrected chi connectivity index (χ3v) is 7.29. The van der Waals surface area contributed by atoms with Crippen LogP contribution in [0.1, 0.15) is 20.7 Å². The van der Waals surface area contributed by atoms with Crippen LogP contribution in [-0.4, -0.2) is 44.1 Å². The average Bonchev–Trinajstić information content (AvgIpc) is 3.55. The second-order valence-corrected chi connectivity index (χ2v) is 10.3. The molecule has 0 unspecified atom stereocenters. The zero-order chi connectivity index (χ0) is 29.3. The second-order valence-electron chi connectivity index (χ2n) is 8.62. The highest BCUT2D eigenvalue weighted by atomic mass is 35.5. The number of hydrogen-bond donors (Lipinski definition) is 3. The van der Waals surface area contributed by atoms with Gasteiger partial charge in [-0.2, -0.15) is 0 Å². The lowest BCUT2D eigenvalue weighted by molar-refractivity contribution is 0.0600. The Kier molecular flexibility index (Phi) is 8.19. The fraction of sp³-hybridized carbons (Fsp3) is 0.0345. The second kappa shape index (κ2) is 11.8. The number of nitrogens with zero attached hydrogens (tertiary/aromatic N) is 2. The van der Waals surface area contributed by atoms with Gasteiger partial charge in [0.15, 0.2) is 0 Å². The lowest BCUT2D eigenvalue weighted by atomic mass is 10.2. The van der Waals surface area contributed by atoms with E-state index < -0.39 is 11.9 Å². The molecule has 2 heterocycles. The first-order chi connectivity index (χ1) is 19.7. The number of halogens is 4. The van der Waals surface area contributed by atoms with Crippen molar-refractivity contribution < 1.29 is 19.4 Å². The van der Waals surface area contributed by atoms with Gasteiger partial charge in [-0.25, -0.2) is 19.6 Å². The molecular formula is C29H18Cl4N4O4. The summed E-state index contributed by atoms with van der Waals surface area (Å²) in [5.74, 6) is -0.316. The Hall–Kier alpha value is -4.08. The SMILES string of the molecule is COC(=O)c1ccc2nc(-c3c(Cl)cccc3Cl)[nH]c2c1.O=C(O)c1ccc2nc(-c3c(Cl)cccc3Cl)[nH]c2c1. The highest BCUT2D eigenvalue weighted by Gasteiger charge is 2.15. The highest BCUT2D eigenvalue weighted by Crippen LogP contribution is 2.35. The summed E-state index contributed by atoms with van der Waals surface area (Å²) in [6, 6.07) is 20.2. The van der Waals surface area contributed by atoms with Gasteiger partial charge >= 0.3 is 11.9 Å². The van der Waals surface area contributed by atoms with Crippen molar-refractivity contribution in [3.8, 4) is 22.8 Å². The number of aromatic amines is 2. The molecular weight excluding hydrogens is 610 g/mol. The maximum absolute atomic E-state index is 11.5. The van der Waals surface area contributed by atoms with Gasteiger partial charge in [-0.3, -0.25) is 0 Å². The number of nitrogens with one attached hydrogen (secondary N) is 2. The smallest absolute Gasteiger partial charge is 0.337 e. The number of methoxy groups -OCH3 is 1. The number of carbonyl (C=O) groups excluding carboxylic acids is 1. The van der Waals surface area contributed by atoms with Crippen molar-refractivity contribution in [2.24, 2.45) is 0 Å². The molecule has 0 spiro atoms. The van der Waals surface area contributed by atoms with E-state index >= 15 is 0 Å². The number of aromatic carboxylic acids is 1. The standard InChI is InChI=1S/C15H10Cl2N2O2.C14H8Cl2N2O2/c1-21-15(20)8-5-6-11-12(7-8)19-14(18-11)13-9(16)3-2-4-10(13)17;15-8-2-1-3-9(16)12(8)13-17-10-5-4-7(14(19)20)6-11(10)18-13/h2-7H,1H3,(H,18,19);1-6H,(H,17,18)(H,19,20). The first kappa shape index (κ1) is 28.4. The Bertz CT molecular complexity index is 1910. The molecule has 0 atom stereocenters. The fourth-order valence-electron chi connectivity index (χ4n) is 4.08. The van der Waals surface area contributed by atoms with Crippen molar-refractivity contribution in [3.63, 3.8) is 0 Å². The van der Waals surface area contributed by atoms with E-state index in [0.29, 0.717) is 70.5 Å². The minimum Gasteiger partial charge on any atom is -0.478 e. The largest absolute Gasteiger partial charge is 0.478 e. The fourth-order valence-corrected chi connectivity index (χ4v) is 5.23. The number of benzene rings is 4. The normalized spacial score (nSPS) is 10.9. The lowest BCUT2D eigenvalue weighted by Crippen LogP contribution is -2.00. The summed E-state index contributed by atoms with van der Waals surface area (Å²) < 4.78 is 4.70. The van der Waals surface area contributed by atoms with Gasteiger partial charge in [-0.05, 0) is 60.7 Å². The summed E-state index contributed by atoms with van der Waals surface area (Å²) in [6.45, 7) is 0. The van der Waals surface area contributed by atoms with Crippen molar-refractivity contribution in [1.29, 1.82) is 0 Å². The zero-order valence-corrected chi connectivity index (χ0v) is 24.0. The van der Waals surface area contributed by atoms with E-state index in [4.69, 9.17) is 56.2 Å². The maximum atomic E-state index is 11.5. The van der Waals surface area contributed by atoms with E-state index in [2.05, 4.69) is 19.9 Å². The number of hydrogen-bond acceptors (Lipinski definition) is 5. The molecule has 0 aliphatic rings. The van der Waals surface area contributed by atoms with Gasteiger partial charge in [-0.15, -0.1) is 0 Å². The molecule has 0 saturated carbocycles. The molecule has 12 heteroatoms. The van der Waals surface area contributed by atoms with Gasteiger partial charge in [-0.1, -0.05) is 58.5 Å². The van der Waals surface area contributed by atoms with Crippen LogP contribution in [0.5, 0.6) is 0 Å². The summed E-state index contributed by atoms with van der Waals surface area (Å²) in [5.41, 5.74) is 4.58. The number of esters is 1. The molecule has 0 bridgehead atoms. The third kappa shape index (κ3) is 5.87. The quantitative estimate of drug-likeness (QED) is 0.168. The van der Waals surface area contributed by atoms with E-state index in [0.717, 1.165) is 0 Å². The minimum absolute atomic E-state index is 0.193. The molecule has 0 radical (unpaired) electrons. The van der Waals surface area contributed by atoms with Gasteiger partial charge in [0, 0.05) is 0 Å². The van der Waals surface area contributed by atoms with E-state index in [1.54, 1.807) is 60.7 Å². The van der Waals surface area contributed by atoms with Crippen molar-refractivity contribution in [3.05, 3.63) is 104 Å².